The van der Waals surface area contributed by atoms with Gasteiger partial charge in [-0.1, -0.05) is 12.2 Å². The first-order valence-corrected chi connectivity index (χ1v) is 10.7. The number of allylic oxidation sites excluding steroid dienone is 4. The highest BCUT2D eigenvalue weighted by Crippen LogP contribution is 2.41. The summed E-state index contributed by atoms with van der Waals surface area (Å²) < 4.78 is 18.3. The highest BCUT2D eigenvalue weighted by Gasteiger charge is 2.53. The molecule has 2 aliphatic heterocycles. The Morgan fingerprint density at radius 2 is 1.68 bits per heavy atom. The van der Waals surface area contributed by atoms with Crippen LogP contribution in [0.5, 0.6) is 0 Å². The molecule has 28 heavy (non-hydrogen) atoms. The molecular formula is C23H36BNO3. The van der Waals surface area contributed by atoms with E-state index in [9.17, 15) is 0 Å². The lowest BCUT2D eigenvalue weighted by Crippen LogP contribution is -2.41. The van der Waals surface area contributed by atoms with E-state index in [1.165, 1.54) is 16.8 Å². The Balaban J connectivity index is 1.94. The van der Waals surface area contributed by atoms with Gasteiger partial charge in [-0.05, 0) is 84.8 Å². The quantitative estimate of drug-likeness (QED) is 0.426. The minimum absolute atomic E-state index is 0.360. The molecule has 0 amide bonds. The van der Waals surface area contributed by atoms with E-state index < -0.39 is 7.12 Å². The van der Waals surface area contributed by atoms with E-state index in [0.29, 0.717) is 6.04 Å². The zero-order valence-corrected chi connectivity index (χ0v) is 18.3. The Morgan fingerprint density at radius 3 is 2.29 bits per heavy atom. The lowest BCUT2D eigenvalue weighted by Gasteiger charge is -2.32. The van der Waals surface area contributed by atoms with Crippen molar-refractivity contribution in [3.63, 3.8) is 0 Å². The maximum atomic E-state index is 6.39. The molecule has 5 heteroatoms. The van der Waals surface area contributed by atoms with E-state index in [0.717, 1.165) is 57.2 Å². The van der Waals surface area contributed by atoms with Crippen LogP contribution in [-0.2, 0) is 14.0 Å². The van der Waals surface area contributed by atoms with Gasteiger partial charge in [-0.2, -0.15) is 0 Å². The molecular weight excluding hydrogens is 349 g/mol. The van der Waals surface area contributed by atoms with Crippen molar-refractivity contribution in [2.75, 3.05) is 13.2 Å². The van der Waals surface area contributed by atoms with Crippen molar-refractivity contribution in [3.8, 4) is 0 Å². The average Bonchev–Trinajstić information content (AvgIpc) is 2.75. The Morgan fingerprint density at radius 1 is 1.07 bits per heavy atom. The number of ether oxygens (including phenoxy) is 1. The van der Waals surface area contributed by atoms with E-state index in [2.05, 4.69) is 45.3 Å². The fourth-order valence-corrected chi connectivity index (χ4v) is 3.99. The third-order valence-corrected chi connectivity index (χ3v) is 6.53. The lowest BCUT2D eigenvalue weighted by molar-refractivity contribution is 0.00578. The zero-order chi connectivity index (χ0) is 20.4. The van der Waals surface area contributed by atoms with Crippen molar-refractivity contribution in [1.29, 1.82) is 0 Å². The molecule has 0 atom stereocenters. The van der Waals surface area contributed by atoms with E-state index in [1.54, 1.807) is 0 Å². The highest BCUT2D eigenvalue weighted by atomic mass is 16.7. The number of rotatable bonds is 4. The SMILES string of the molecule is C=C1CCC(NC2CCOCC2)=C(C(=C=CC)B2OC(C)(C)C(C)(C)O2)CC1. The van der Waals surface area contributed by atoms with Gasteiger partial charge in [0.25, 0.3) is 0 Å². The molecule has 3 aliphatic rings. The van der Waals surface area contributed by atoms with Crippen LogP contribution >= 0.6 is 0 Å². The first kappa shape index (κ1) is 21.5. The second-order valence-corrected chi connectivity index (χ2v) is 9.17. The van der Waals surface area contributed by atoms with Crippen LogP contribution in [-0.4, -0.2) is 37.6 Å². The van der Waals surface area contributed by atoms with Crippen molar-refractivity contribution in [2.24, 2.45) is 0 Å². The first-order valence-electron chi connectivity index (χ1n) is 10.7. The van der Waals surface area contributed by atoms with Crippen LogP contribution in [0.25, 0.3) is 0 Å². The van der Waals surface area contributed by atoms with E-state index >= 15 is 0 Å². The molecule has 0 aromatic rings. The van der Waals surface area contributed by atoms with E-state index in [1.807, 2.05) is 13.0 Å². The molecule has 1 N–H and O–H groups in total. The molecule has 2 saturated heterocycles. The summed E-state index contributed by atoms with van der Waals surface area (Å²) in [7, 11) is -0.394. The average molecular weight is 385 g/mol. The van der Waals surface area contributed by atoms with Crippen molar-refractivity contribution in [2.45, 2.75) is 90.4 Å². The topological polar surface area (TPSA) is 39.7 Å². The second-order valence-electron chi connectivity index (χ2n) is 9.17. The minimum atomic E-state index is -0.394. The van der Waals surface area contributed by atoms with Gasteiger partial charge >= 0.3 is 7.12 Å². The predicted octanol–water partition coefficient (Wildman–Crippen LogP) is 4.87. The third-order valence-electron chi connectivity index (χ3n) is 6.53. The highest BCUT2D eigenvalue weighted by molar-refractivity contribution is 6.56. The second kappa shape index (κ2) is 8.63. The van der Waals surface area contributed by atoms with Crippen molar-refractivity contribution in [1.82, 2.24) is 5.32 Å². The van der Waals surface area contributed by atoms with Gasteiger partial charge < -0.3 is 19.4 Å². The molecule has 0 saturated carbocycles. The summed E-state index contributed by atoms with van der Waals surface area (Å²) in [5.74, 6) is 0. The number of nitrogens with one attached hydrogen (secondary N) is 1. The van der Waals surface area contributed by atoms with Crippen LogP contribution in [0.2, 0.25) is 0 Å². The molecule has 2 heterocycles. The number of hydrogen-bond donors (Lipinski definition) is 1. The van der Waals surface area contributed by atoms with Crippen LogP contribution in [0.3, 0.4) is 0 Å². The molecule has 3 rings (SSSR count). The Labute approximate surface area is 171 Å². The minimum Gasteiger partial charge on any atom is -0.399 e. The third kappa shape index (κ3) is 4.66. The molecule has 0 unspecified atom stereocenters. The summed E-state index contributed by atoms with van der Waals surface area (Å²) in [5, 5.41) is 3.84. The number of hydrogen-bond acceptors (Lipinski definition) is 4. The van der Waals surface area contributed by atoms with E-state index in [4.69, 9.17) is 14.0 Å². The molecule has 1 aliphatic carbocycles. The largest absolute Gasteiger partial charge is 0.503 e. The molecule has 2 fully saturated rings. The maximum absolute atomic E-state index is 6.39. The van der Waals surface area contributed by atoms with Gasteiger partial charge in [0.05, 0.1) is 11.2 Å². The normalized spacial score (nSPS) is 25.3. The van der Waals surface area contributed by atoms with Gasteiger partial charge in [0, 0.05) is 30.4 Å². The van der Waals surface area contributed by atoms with Gasteiger partial charge in [-0.25, -0.2) is 0 Å². The Kier molecular flexibility index (Phi) is 6.61. The molecule has 0 spiro atoms. The summed E-state index contributed by atoms with van der Waals surface area (Å²) in [6.45, 7) is 16.3. The summed E-state index contributed by atoms with van der Waals surface area (Å²) in [6, 6.07) is 0.468. The molecule has 0 radical (unpaired) electrons. The summed E-state index contributed by atoms with van der Waals surface area (Å²) in [5.41, 5.74) is 7.70. The van der Waals surface area contributed by atoms with Gasteiger partial charge in [-0.15, -0.1) is 5.73 Å². The smallest absolute Gasteiger partial charge is 0.399 e. The lowest BCUT2D eigenvalue weighted by atomic mass is 9.72. The van der Waals surface area contributed by atoms with Crippen LogP contribution in [0.4, 0.5) is 0 Å². The van der Waals surface area contributed by atoms with Crippen LogP contribution in [0.1, 0.15) is 73.1 Å². The Bertz CT molecular complexity index is 679. The van der Waals surface area contributed by atoms with Gasteiger partial charge in [0.1, 0.15) is 0 Å². The van der Waals surface area contributed by atoms with Gasteiger partial charge in [-0.3, -0.25) is 0 Å². The predicted molar refractivity (Wildman–Crippen MR) is 115 cm³/mol. The first-order chi connectivity index (χ1) is 13.2. The fraction of sp³-hybridized carbons (Fsp3) is 0.696. The van der Waals surface area contributed by atoms with Crippen molar-refractivity contribution < 1.29 is 14.0 Å². The summed E-state index contributed by atoms with van der Waals surface area (Å²) in [4.78, 5) is 0. The van der Waals surface area contributed by atoms with Crippen LogP contribution < -0.4 is 5.32 Å². The fourth-order valence-electron chi connectivity index (χ4n) is 3.99. The summed E-state index contributed by atoms with van der Waals surface area (Å²) in [6.07, 6.45) is 8.04. The van der Waals surface area contributed by atoms with E-state index in [-0.39, 0.29) is 11.2 Å². The summed E-state index contributed by atoms with van der Waals surface area (Å²) >= 11 is 0. The molecule has 4 nitrogen and oxygen atoms in total. The standard InChI is InChI=1S/C23H36BNO3/c1-7-8-20(24-27-22(3,4)23(5,6)28-24)19-11-9-17(2)10-12-21(19)25-18-13-15-26-16-14-18/h7,18,25H,2,9-16H2,1,3-6H3. The zero-order valence-electron chi connectivity index (χ0n) is 18.3. The molecule has 154 valence electrons. The molecule has 0 bridgehead atoms. The monoisotopic (exact) mass is 385 g/mol. The molecule has 0 aromatic carbocycles. The van der Waals surface area contributed by atoms with Crippen LogP contribution in [0, 0.1) is 0 Å². The maximum Gasteiger partial charge on any atom is 0.503 e. The van der Waals surface area contributed by atoms with Crippen molar-refractivity contribution >= 4 is 7.12 Å². The van der Waals surface area contributed by atoms with Gasteiger partial charge in [0.2, 0.25) is 0 Å². The molecule has 0 aromatic heterocycles. The Hall–Kier alpha value is -1.26. The van der Waals surface area contributed by atoms with Crippen molar-refractivity contribution in [3.05, 3.63) is 40.7 Å². The van der Waals surface area contributed by atoms with Crippen LogP contribution in [0.15, 0.2) is 40.7 Å². The van der Waals surface area contributed by atoms with Gasteiger partial charge in [0.15, 0.2) is 0 Å².